The highest BCUT2D eigenvalue weighted by Gasteiger charge is 2.56. The molecule has 7 nitrogen and oxygen atoms in total. The van der Waals surface area contributed by atoms with Crippen LogP contribution in [-0.4, -0.2) is 40.7 Å². The largest absolute Gasteiger partial charge is 0.481 e. The highest BCUT2D eigenvalue weighted by Crippen LogP contribution is 2.53. The number of aliphatic carboxylic acids is 1. The Morgan fingerprint density at radius 1 is 1.03 bits per heavy atom. The standard InChI is InChI=1S/C28H36N2O5/c31-26(29-16-8-7-11-18-9-3-1-4-10-18)20-17-34-27(30-20)25-22-15-14-21(35-22)24(25)23(28(32)33)19-12-5-2-6-13-19/h2,5-6,12-13,17-18,21-25H,1,3-4,7-11,14-16H2,(H,29,31)(H,32,33). The van der Waals surface area contributed by atoms with Crippen LogP contribution < -0.4 is 5.32 Å². The van der Waals surface area contributed by atoms with Gasteiger partial charge in [-0.25, -0.2) is 4.98 Å². The van der Waals surface area contributed by atoms with Crippen molar-refractivity contribution in [3.8, 4) is 0 Å². The van der Waals surface area contributed by atoms with Crippen LogP contribution in [0.2, 0.25) is 0 Å². The van der Waals surface area contributed by atoms with Crippen molar-refractivity contribution in [3.05, 3.63) is 53.7 Å². The molecule has 2 N–H and O–H groups in total. The lowest BCUT2D eigenvalue weighted by Crippen LogP contribution is -2.34. The van der Waals surface area contributed by atoms with Gasteiger partial charge in [-0.1, -0.05) is 75.3 Å². The fourth-order valence-corrected chi connectivity index (χ4v) is 6.52. The monoisotopic (exact) mass is 480 g/mol. The number of nitrogens with zero attached hydrogens (tertiary/aromatic N) is 1. The van der Waals surface area contributed by atoms with E-state index in [4.69, 9.17) is 9.15 Å². The molecule has 0 radical (unpaired) electrons. The number of benzene rings is 1. The highest BCUT2D eigenvalue weighted by molar-refractivity contribution is 5.91. The summed E-state index contributed by atoms with van der Waals surface area (Å²) in [6, 6.07) is 9.30. The average molecular weight is 481 g/mol. The maximum Gasteiger partial charge on any atom is 0.311 e. The highest BCUT2D eigenvalue weighted by atomic mass is 16.5. The Balaban J connectivity index is 1.21. The molecule has 3 aliphatic rings. The molecule has 2 aliphatic heterocycles. The number of ether oxygens (including phenoxy) is 1. The summed E-state index contributed by atoms with van der Waals surface area (Å²) >= 11 is 0. The van der Waals surface area contributed by atoms with Gasteiger partial charge in [0, 0.05) is 12.5 Å². The molecule has 3 fully saturated rings. The Morgan fingerprint density at radius 3 is 2.57 bits per heavy atom. The minimum Gasteiger partial charge on any atom is -0.481 e. The quantitative estimate of drug-likeness (QED) is 0.448. The summed E-state index contributed by atoms with van der Waals surface area (Å²) in [7, 11) is 0. The van der Waals surface area contributed by atoms with Crippen LogP contribution in [0.3, 0.4) is 0 Å². The number of unbranched alkanes of at least 4 members (excludes halogenated alkanes) is 1. The van der Waals surface area contributed by atoms with Gasteiger partial charge in [-0.15, -0.1) is 0 Å². The van der Waals surface area contributed by atoms with E-state index in [0.717, 1.165) is 37.2 Å². The number of hydrogen-bond acceptors (Lipinski definition) is 5. The van der Waals surface area contributed by atoms with E-state index in [1.165, 1.54) is 44.8 Å². The fraction of sp³-hybridized carbons (Fsp3) is 0.607. The summed E-state index contributed by atoms with van der Waals surface area (Å²) in [5, 5.41) is 13.1. The zero-order valence-electron chi connectivity index (χ0n) is 20.2. The van der Waals surface area contributed by atoms with E-state index in [-0.39, 0.29) is 35.6 Å². The summed E-state index contributed by atoms with van der Waals surface area (Å²) in [4.78, 5) is 29.6. The number of aromatic nitrogens is 1. The number of carbonyl (C=O) groups is 2. The van der Waals surface area contributed by atoms with Crippen LogP contribution in [-0.2, 0) is 9.53 Å². The molecule has 3 heterocycles. The molecule has 5 rings (SSSR count). The first-order valence-electron chi connectivity index (χ1n) is 13.3. The molecule has 5 unspecified atom stereocenters. The number of amides is 1. The molecule has 0 spiro atoms. The smallest absolute Gasteiger partial charge is 0.311 e. The molecule has 1 amide bonds. The number of carboxylic acids is 1. The van der Waals surface area contributed by atoms with Crippen LogP contribution >= 0.6 is 0 Å². The van der Waals surface area contributed by atoms with Crippen molar-refractivity contribution < 1.29 is 23.8 Å². The molecule has 1 saturated carbocycles. The van der Waals surface area contributed by atoms with E-state index in [0.29, 0.717) is 12.4 Å². The number of carboxylic acid groups (broad SMARTS) is 1. The zero-order valence-corrected chi connectivity index (χ0v) is 20.2. The minimum atomic E-state index is -0.875. The fourth-order valence-electron chi connectivity index (χ4n) is 6.52. The average Bonchev–Trinajstić information content (AvgIpc) is 3.62. The van der Waals surface area contributed by atoms with Gasteiger partial charge in [0.25, 0.3) is 5.91 Å². The first kappa shape index (κ1) is 24.0. The number of oxazole rings is 1. The van der Waals surface area contributed by atoms with E-state index in [2.05, 4.69) is 10.3 Å². The van der Waals surface area contributed by atoms with E-state index in [1.807, 2.05) is 30.3 Å². The molecule has 1 aromatic heterocycles. The van der Waals surface area contributed by atoms with Gasteiger partial charge in [0.05, 0.1) is 24.0 Å². The first-order valence-corrected chi connectivity index (χ1v) is 13.3. The lowest BCUT2D eigenvalue weighted by molar-refractivity contribution is -0.141. The van der Waals surface area contributed by atoms with Gasteiger partial charge >= 0.3 is 5.97 Å². The second-order valence-corrected chi connectivity index (χ2v) is 10.4. The Hall–Kier alpha value is -2.67. The summed E-state index contributed by atoms with van der Waals surface area (Å²) < 4.78 is 11.9. The molecule has 35 heavy (non-hydrogen) atoms. The van der Waals surface area contributed by atoms with Crippen molar-refractivity contribution in [2.75, 3.05) is 6.54 Å². The molecule has 5 atom stereocenters. The number of carbonyl (C=O) groups excluding carboxylic acids is 1. The van der Waals surface area contributed by atoms with Gasteiger partial charge in [0.15, 0.2) is 5.69 Å². The van der Waals surface area contributed by atoms with Crippen LogP contribution in [0.25, 0.3) is 0 Å². The molecule has 188 valence electrons. The Bertz CT molecular complexity index is 1000. The minimum absolute atomic E-state index is 0.134. The van der Waals surface area contributed by atoms with Crippen molar-refractivity contribution in [2.24, 2.45) is 11.8 Å². The van der Waals surface area contributed by atoms with Gasteiger partial charge in [-0.3, -0.25) is 9.59 Å². The van der Waals surface area contributed by atoms with Crippen LogP contribution in [0.5, 0.6) is 0 Å². The van der Waals surface area contributed by atoms with Gasteiger partial charge in [0.2, 0.25) is 5.89 Å². The number of nitrogens with one attached hydrogen (secondary N) is 1. The number of fused-ring (bicyclic) bond motifs is 2. The van der Waals surface area contributed by atoms with E-state index in [1.54, 1.807) is 0 Å². The van der Waals surface area contributed by atoms with E-state index in [9.17, 15) is 14.7 Å². The second kappa shape index (κ2) is 10.9. The summed E-state index contributed by atoms with van der Waals surface area (Å²) in [6.45, 7) is 0.628. The first-order chi connectivity index (χ1) is 17.1. The molecule has 2 bridgehead atoms. The van der Waals surface area contributed by atoms with Crippen molar-refractivity contribution in [1.29, 1.82) is 0 Å². The van der Waals surface area contributed by atoms with Crippen molar-refractivity contribution >= 4 is 11.9 Å². The molecule has 2 aromatic rings. The number of rotatable bonds is 10. The normalized spacial score (nSPS) is 27.1. The maximum atomic E-state index is 12.7. The Morgan fingerprint density at radius 2 is 1.80 bits per heavy atom. The van der Waals surface area contributed by atoms with Crippen molar-refractivity contribution in [2.45, 2.75) is 88.3 Å². The summed E-state index contributed by atoms with van der Waals surface area (Å²) in [6.07, 6.45) is 13.0. The maximum absolute atomic E-state index is 12.7. The van der Waals surface area contributed by atoms with E-state index < -0.39 is 11.9 Å². The third-order valence-electron chi connectivity index (χ3n) is 8.23. The van der Waals surface area contributed by atoms with Crippen molar-refractivity contribution in [1.82, 2.24) is 10.3 Å². The topological polar surface area (TPSA) is 102 Å². The van der Waals surface area contributed by atoms with Gasteiger partial charge in [-0.05, 0) is 30.7 Å². The zero-order chi connectivity index (χ0) is 24.2. The third kappa shape index (κ3) is 5.30. The molecule has 1 aliphatic carbocycles. The lowest BCUT2D eigenvalue weighted by atomic mass is 9.70. The van der Waals surface area contributed by atoms with Crippen LogP contribution in [0.1, 0.15) is 98.0 Å². The number of hydrogen-bond donors (Lipinski definition) is 2. The summed E-state index contributed by atoms with van der Waals surface area (Å²) in [5.41, 5.74) is 1.00. The lowest BCUT2D eigenvalue weighted by Gasteiger charge is -2.30. The molecule has 7 heteroatoms. The molecular formula is C28H36N2O5. The third-order valence-corrected chi connectivity index (χ3v) is 8.23. The Kier molecular flexibility index (Phi) is 7.51. The summed E-state index contributed by atoms with van der Waals surface area (Å²) in [5.74, 6) is -1.14. The van der Waals surface area contributed by atoms with Crippen LogP contribution in [0.4, 0.5) is 0 Å². The Labute approximate surface area is 206 Å². The van der Waals surface area contributed by atoms with Gasteiger partial charge < -0.3 is 19.6 Å². The van der Waals surface area contributed by atoms with Gasteiger partial charge in [-0.2, -0.15) is 0 Å². The van der Waals surface area contributed by atoms with Gasteiger partial charge in [0.1, 0.15) is 6.26 Å². The molecular weight excluding hydrogens is 444 g/mol. The predicted octanol–water partition coefficient (Wildman–Crippen LogP) is 5.28. The van der Waals surface area contributed by atoms with Crippen molar-refractivity contribution in [3.63, 3.8) is 0 Å². The second-order valence-electron chi connectivity index (χ2n) is 10.4. The van der Waals surface area contributed by atoms with E-state index >= 15 is 0 Å². The van der Waals surface area contributed by atoms with Crippen LogP contribution in [0.15, 0.2) is 41.0 Å². The molecule has 1 aromatic carbocycles. The SMILES string of the molecule is O=C(NCCCCC1CCCCC1)c1coc(C2C3CCC(O3)C2C(C(=O)O)c2ccccc2)n1. The predicted molar refractivity (Wildman–Crippen MR) is 130 cm³/mol. The van der Waals surface area contributed by atoms with Crippen LogP contribution in [0, 0.1) is 11.8 Å². The molecule has 2 saturated heterocycles.